The van der Waals surface area contributed by atoms with Gasteiger partial charge in [-0.05, 0) is 30.2 Å². The number of carbonyl (C=O) groups excluding carboxylic acids is 1. The zero-order valence-corrected chi connectivity index (χ0v) is 13.9. The Bertz CT molecular complexity index is 688. The summed E-state index contributed by atoms with van der Waals surface area (Å²) in [6.07, 6.45) is -0.677. The van der Waals surface area contributed by atoms with Crippen molar-refractivity contribution >= 4 is 23.7 Å². The third-order valence-corrected chi connectivity index (χ3v) is 3.76. The van der Waals surface area contributed by atoms with Crippen LogP contribution in [-0.4, -0.2) is 28.6 Å². The second-order valence-corrected chi connectivity index (χ2v) is 5.55. The molecular weight excluding hydrogens is 330 g/mol. The zero-order valence-electron chi connectivity index (χ0n) is 13.2. The minimum Gasteiger partial charge on any atom is -0.479 e. The highest BCUT2D eigenvalue weighted by Gasteiger charge is 2.31. The van der Waals surface area contributed by atoms with E-state index in [1.807, 2.05) is 30.3 Å². The lowest BCUT2D eigenvalue weighted by Gasteiger charge is -2.27. The number of hydrogen-bond acceptors (Lipinski definition) is 3. The molecule has 2 aromatic rings. The van der Waals surface area contributed by atoms with Crippen LogP contribution in [0.2, 0.25) is 5.02 Å². The molecule has 0 saturated carbocycles. The predicted octanol–water partition coefficient (Wildman–Crippen LogP) is 4.12. The van der Waals surface area contributed by atoms with Crippen molar-refractivity contribution in [3.8, 4) is 0 Å². The number of carboxylic acid groups (broad SMARTS) is 1. The van der Waals surface area contributed by atoms with Crippen molar-refractivity contribution in [1.82, 2.24) is 4.90 Å². The molecule has 1 atom stereocenters. The lowest BCUT2D eigenvalue weighted by atomic mass is 10.1. The van der Waals surface area contributed by atoms with Crippen molar-refractivity contribution in [2.24, 2.45) is 0 Å². The quantitative estimate of drug-likeness (QED) is 0.853. The second-order valence-electron chi connectivity index (χ2n) is 5.12. The van der Waals surface area contributed by atoms with Gasteiger partial charge in [-0.1, -0.05) is 54.1 Å². The molecule has 1 unspecified atom stereocenters. The Morgan fingerprint density at radius 3 is 2.29 bits per heavy atom. The zero-order chi connectivity index (χ0) is 17.5. The molecule has 0 aliphatic carbocycles. The Labute approximate surface area is 145 Å². The number of aliphatic carboxylic acids is 1. The normalized spacial score (nSPS) is 11.6. The average Bonchev–Trinajstić information content (AvgIpc) is 2.59. The van der Waals surface area contributed by atoms with Crippen LogP contribution >= 0.6 is 11.6 Å². The summed E-state index contributed by atoms with van der Waals surface area (Å²) in [6, 6.07) is 14.5. The Morgan fingerprint density at radius 1 is 1.12 bits per heavy atom. The number of nitrogens with zero attached hydrogens (tertiary/aromatic N) is 1. The molecule has 0 aromatic heterocycles. The lowest BCUT2D eigenvalue weighted by molar-refractivity contribution is -0.143. The molecule has 24 heavy (non-hydrogen) atoms. The molecule has 6 heteroatoms. The minimum atomic E-state index is -1.13. The minimum absolute atomic E-state index is 0.0864. The molecule has 0 radical (unpaired) electrons. The van der Waals surface area contributed by atoms with Gasteiger partial charge in [0, 0.05) is 11.6 Å². The number of carboxylic acids is 1. The molecule has 5 nitrogen and oxygen atoms in total. The molecule has 0 aliphatic rings. The number of ether oxygens (including phenoxy) is 1. The van der Waals surface area contributed by atoms with E-state index in [0.717, 1.165) is 5.56 Å². The maximum atomic E-state index is 12.3. The predicted molar refractivity (Wildman–Crippen MR) is 90.8 cm³/mol. The molecule has 0 saturated heterocycles. The smallest absolute Gasteiger partial charge is 0.411 e. The first kappa shape index (κ1) is 17.8. The van der Waals surface area contributed by atoms with Gasteiger partial charge in [-0.3, -0.25) is 4.90 Å². The summed E-state index contributed by atoms with van der Waals surface area (Å²) in [6.45, 7) is 1.99. The lowest BCUT2D eigenvalue weighted by Crippen LogP contribution is -2.39. The fraction of sp³-hybridized carbons (Fsp3) is 0.222. The first-order chi connectivity index (χ1) is 11.5. The van der Waals surface area contributed by atoms with Crippen LogP contribution in [0.5, 0.6) is 0 Å². The van der Waals surface area contributed by atoms with E-state index in [1.54, 1.807) is 31.2 Å². The summed E-state index contributed by atoms with van der Waals surface area (Å²) >= 11 is 5.84. The fourth-order valence-electron chi connectivity index (χ4n) is 2.32. The summed E-state index contributed by atoms with van der Waals surface area (Å²) < 4.78 is 5.26. The van der Waals surface area contributed by atoms with Crippen molar-refractivity contribution in [3.63, 3.8) is 0 Å². The van der Waals surface area contributed by atoms with Crippen LogP contribution in [0, 0.1) is 0 Å². The first-order valence-electron chi connectivity index (χ1n) is 7.48. The van der Waals surface area contributed by atoms with E-state index in [-0.39, 0.29) is 13.2 Å². The third-order valence-electron chi connectivity index (χ3n) is 3.51. The number of likely N-dealkylation sites (N-methyl/N-ethyl adjacent to an activating group) is 1. The van der Waals surface area contributed by atoms with Gasteiger partial charge < -0.3 is 9.84 Å². The summed E-state index contributed by atoms with van der Waals surface area (Å²) in [7, 11) is 0. The largest absolute Gasteiger partial charge is 0.479 e. The molecule has 126 valence electrons. The van der Waals surface area contributed by atoms with Crippen LogP contribution in [0.4, 0.5) is 4.79 Å². The number of amides is 1. The maximum absolute atomic E-state index is 12.3. The molecule has 0 fully saturated rings. The Morgan fingerprint density at radius 2 is 1.75 bits per heavy atom. The highest BCUT2D eigenvalue weighted by atomic mass is 35.5. The van der Waals surface area contributed by atoms with E-state index in [1.165, 1.54) is 4.90 Å². The van der Waals surface area contributed by atoms with E-state index in [0.29, 0.717) is 10.6 Å². The van der Waals surface area contributed by atoms with Crippen LogP contribution in [0.3, 0.4) is 0 Å². The average molecular weight is 348 g/mol. The number of benzene rings is 2. The Hall–Kier alpha value is -2.53. The van der Waals surface area contributed by atoms with E-state index in [4.69, 9.17) is 16.3 Å². The highest BCUT2D eigenvalue weighted by Crippen LogP contribution is 2.24. The van der Waals surface area contributed by atoms with E-state index in [2.05, 4.69) is 0 Å². The monoisotopic (exact) mass is 347 g/mol. The molecule has 0 heterocycles. The van der Waals surface area contributed by atoms with Crippen molar-refractivity contribution in [1.29, 1.82) is 0 Å². The number of rotatable bonds is 6. The Balaban J connectivity index is 2.15. The molecule has 2 aromatic carbocycles. The van der Waals surface area contributed by atoms with Gasteiger partial charge >= 0.3 is 12.1 Å². The first-order valence-corrected chi connectivity index (χ1v) is 7.86. The Kier molecular flexibility index (Phi) is 6.21. The molecule has 0 aliphatic heterocycles. The standard InChI is InChI=1S/C18H18ClNO4/c1-2-20(18(23)24-12-13-6-4-3-5-7-13)16(17(21)22)14-8-10-15(19)11-9-14/h3-11,16H,2,12H2,1H3,(H,21,22). The second kappa shape index (κ2) is 8.36. The number of carbonyl (C=O) groups is 2. The summed E-state index contributed by atoms with van der Waals surface area (Å²) in [4.78, 5) is 25.2. The molecule has 0 spiro atoms. The molecule has 1 amide bonds. The van der Waals surface area contributed by atoms with E-state index >= 15 is 0 Å². The van der Waals surface area contributed by atoms with Crippen LogP contribution in [-0.2, 0) is 16.1 Å². The van der Waals surface area contributed by atoms with Gasteiger partial charge in [0.25, 0.3) is 0 Å². The summed E-state index contributed by atoms with van der Waals surface area (Å²) in [5, 5.41) is 10.0. The van der Waals surface area contributed by atoms with E-state index in [9.17, 15) is 14.7 Å². The van der Waals surface area contributed by atoms with Crippen LogP contribution in [0.25, 0.3) is 0 Å². The third kappa shape index (κ3) is 4.49. The van der Waals surface area contributed by atoms with Crippen LogP contribution < -0.4 is 0 Å². The SMILES string of the molecule is CCN(C(=O)OCc1ccccc1)C(C(=O)O)c1ccc(Cl)cc1. The van der Waals surface area contributed by atoms with Crippen molar-refractivity contribution in [3.05, 3.63) is 70.7 Å². The van der Waals surface area contributed by atoms with Gasteiger partial charge in [0.1, 0.15) is 6.61 Å². The van der Waals surface area contributed by atoms with Crippen molar-refractivity contribution in [2.45, 2.75) is 19.6 Å². The van der Waals surface area contributed by atoms with Crippen LogP contribution in [0.15, 0.2) is 54.6 Å². The van der Waals surface area contributed by atoms with Gasteiger partial charge in [0.15, 0.2) is 6.04 Å². The van der Waals surface area contributed by atoms with Gasteiger partial charge in [-0.15, -0.1) is 0 Å². The van der Waals surface area contributed by atoms with E-state index < -0.39 is 18.1 Å². The van der Waals surface area contributed by atoms with Crippen LogP contribution in [0.1, 0.15) is 24.1 Å². The van der Waals surface area contributed by atoms with Gasteiger partial charge in [-0.25, -0.2) is 9.59 Å². The van der Waals surface area contributed by atoms with Crippen molar-refractivity contribution in [2.75, 3.05) is 6.54 Å². The molecule has 2 rings (SSSR count). The fourth-order valence-corrected chi connectivity index (χ4v) is 2.45. The summed E-state index contributed by atoms with van der Waals surface area (Å²) in [5.74, 6) is -1.13. The molecule has 1 N–H and O–H groups in total. The van der Waals surface area contributed by atoms with Crippen molar-refractivity contribution < 1.29 is 19.4 Å². The number of halogens is 1. The van der Waals surface area contributed by atoms with Gasteiger partial charge in [-0.2, -0.15) is 0 Å². The van der Waals surface area contributed by atoms with Gasteiger partial charge in [0.2, 0.25) is 0 Å². The molecule has 0 bridgehead atoms. The molecular formula is C18H18ClNO4. The number of hydrogen-bond donors (Lipinski definition) is 1. The van der Waals surface area contributed by atoms with Gasteiger partial charge in [0.05, 0.1) is 0 Å². The maximum Gasteiger partial charge on any atom is 0.411 e. The topological polar surface area (TPSA) is 66.8 Å². The summed E-state index contributed by atoms with van der Waals surface area (Å²) in [5.41, 5.74) is 1.30. The highest BCUT2D eigenvalue weighted by molar-refractivity contribution is 6.30.